The van der Waals surface area contributed by atoms with Crippen molar-refractivity contribution in [2.24, 2.45) is 11.3 Å². The number of alkyl carbamates (subject to hydrolysis) is 1. The molecular formula is C11H17NO4. The number of nitrogens with one attached hydrogen (secondary N) is 1. The molecule has 1 N–H and O–H groups in total. The molecule has 1 atom stereocenters. The van der Waals surface area contributed by atoms with Crippen molar-refractivity contribution >= 4 is 12.1 Å². The molecule has 2 aliphatic carbocycles. The summed E-state index contributed by atoms with van der Waals surface area (Å²) in [4.78, 5) is 22.7. The van der Waals surface area contributed by atoms with Crippen LogP contribution < -0.4 is 5.32 Å². The van der Waals surface area contributed by atoms with Crippen molar-refractivity contribution in [3.05, 3.63) is 0 Å². The third kappa shape index (κ3) is 1.99. The van der Waals surface area contributed by atoms with Crippen molar-refractivity contribution in [3.63, 3.8) is 0 Å². The van der Waals surface area contributed by atoms with Gasteiger partial charge in [0, 0.05) is 0 Å². The molecule has 0 aliphatic heterocycles. The highest BCUT2D eigenvalue weighted by Gasteiger charge is 2.56. The zero-order valence-corrected chi connectivity index (χ0v) is 9.62. The van der Waals surface area contributed by atoms with E-state index in [-0.39, 0.29) is 11.9 Å². The summed E-state index contributed by atoms with van der Waals surface area (Å²) in [5.41, 5.74) is 0.495. The molecule has 1 spiro atoms. The zero-order chi connectivity index (χ0) is 11.8. The second-order valence-electron chi connectivity index (χ2n) is 4.81. The minimum atomic E-state index is -0.577. The molecule has 16 heavy (non-hydrogen) atoms. The highest BCUT2D eigenvalue weighted by Crippen LogP contribution is 2.64. The predicted molar refractivity (Wildman–Crippen MR) is 55.7 cm³/mol. The molecule has 1 unspecified atom stereocenters. The summed E-state index contributed by atoms with van der Waals surface area (Å²) in [6.45, 7) is 0. The number of esters is 1. The Balaban J connectivity index is 1.92. The first-order chi connectivity index (χ1) is 7.60. The fourth-order valence-corrected chi connectivity index (χ4v) is 2.56. The maximum Gasteiger partial charge on any atom is 0.407 e. The lowest BCUT2D eigenvalue weighted by Gasteiger charge is -2.39. The molecule has 0 aromatic carbocycles. The van der Waals surface area contributed by atoms with Gasteiger partial charge >= 0.3 is 12.1 Å². The Morgan fingerprint density at radius 3 is 2.31 bits per heavy atom. The average molecular weight is 227 g/mol. The first-order valence-corrected chi connectivity index (χ1v) is 5.52. The van der Waals surface area contributed by atoms with Gasteiger partial charge in [0.1, 0.15) is 6.04 Å². The maximum atomic E-state index is 11.5. The minimum Gasteiger partial charge on any atom is -0.467 e. The van der Waals surface area contributed by atoms with Crippen LogP contribution >= 0.6 is 0 Å². The molecule has 0 aromatic rings. The number of amides is 1. The first kappa shape index (κ1) is 11.2. The molecule has 5 heteroatoms. The van der Waals surface area contributed by atoms with Crippen LogP contribution in [0.5, 0.6) is 0 Å². The normalized spacial score (nSPS) is 23.1. The van der Waals surface area contributed by atoms with E-state index in [0.717, 1.165) is 12.8 Å². The highest BCUT2D eigenvalue weighted by molar-refractivity contribution is 5.81. The quantitative estimate of drug-likeness (QED) is 0.732. The van der Waals surface area contributed by atoms with Crippen molar-refractivity contribution in [2.75, 3.05) is 14.2 Å². The zero-order valence-electron chi connectivity index (χ0n) is 9.62. The summed E-state index contributed by atoms with van der Waals surface area (Å²) in [6, 6.07) is -0.552. The van der Waals surface area contributed by atoms with Crippen LogP contribution in [0, 0.1) is 11.3 Å². The lowest BCUT2D eigenvalue weighted by atomic mass is 9.68. The molecule has 0 radical (unpaired) electrons. The van der Waals surface area contributed by atoms with Crippen LogP contribution in [0.2, 0.25) is 0 Å². The van der Waals surface area contributed by atoms with Gasteiger partial charge in [-0.1, -0.05) is 0 Å². The smallest absolute Gasteiger partial charge is 0.407 e. The molecule has 2 rings (SSSR count). The molecule has 2 saturated carbocycles. The van der Waals surface area contributed by atoms with Crippen LogP contribution in [0.15, 0.2) is 0 Å². The van der Waals surface area contributed by atoms with Crippen LogP contribution in [0.25, 0.3) is 0 Å². The van der Waals surface area contributed by atoms with Gasteiger partial charge in [-0.3, -0.25) is 0 Å². The third-order valence-electron chi connectivity index (χ3n) is 3.73. The van der Waals surface area contributed by atoms with Gasteiger partial charge in [0.2, 0.25) is 0 Å². The van der Waals surface area contributed by atoms with Gasteiger partial charge in [-0.2, -0.15) is 0 Å². The van der Waals surface area contributed by atoms with Crippen LogP contribution in [0.1, 0.15) is 25.7 Å². The van der Waals surface area contributed by atoms with E-state index >= 15 is 0 Å². The molecule has 2 aliphatic rings. The summed E-state index contributed by atoms with van der Waals surface area (Å²) in [5.74, 6) is -0.181. The van der Waals surface area contributed by atoms with E-state index in [9.17, 15) is 9.59 Å². The van der Waals surface area contributed by atoms with E-state index in [0.29, 0.717) is 5.41 Å². The van der Waals surface area contributed by atoms with E-state index in [2.05, 4.69) is 10.1 Å². The fraction of sp³-hybridized carbons (Fsp3) is 0.818. The van der Waals surface area contributed by atoms with Crippen molar-refractivity contribution in [3.8, 4) is 0 Å². The summed E-state index contributed by atoms with van der Waals surface area (Å²) in [6.07, 6.45) is 3.96. The molecule has 90 valence electrons. The lowest BCUT2D eigenvalue weighted by Crippen LogP contribution is -2.51. The number of carbonyl (C=O) groups excluding carboxylic acids is 2. The Hall–Kier alpha value is -1.26. The maximum absolute atomic E-state index is 11.5. The van der Waals surface area contributed by atoms with E-state index in [1.807, 2.05) is 0 Å². The Kier molecular flexibility index (Phi) is 2.78. The second-order valence-corrected chi connectivity index (χ2v) is 4.81. The van der Waals surface area contributed by atoms with Crippen LogP contribution in [-0.4, -0.2) is 32.3 Å². The summed E-state index contributed by atoms with van der Waals surface area (Å²) >= 11 is 0. The van der Waals surface area contributed by atoms with Gasteiger partial charge in [-0.05, 0) is 37.0 Å². The number of rotatable bonds is 3. The molecule has 2 fully saturated rings. The number of hydrogen-bond donors (Lipinski definition) is 1. The Labute approximate surface area is 94.5 Å². The fourth-order valence-electron chi connectivity index (χ4n) is 2.56. The largest absolute Gasteiger partial charge is 0.467 e. The lowest BCUT2D eigenvalue weighted by molar-refractivity contribution is -0.146. The topological polar surface area (TPSA) is 64.6 Å². The Morgan fingerprint density at radius 1 is 1.25 bits per heavy atom. The summed E-state index contributed by atoms with van der Waals surface area (Å²) < 4.78 is 9.20. The van der Waals surface area contributed by atoms with Crippen molar-refractivity contribution < 1.29 is 19.1 Å². The third-order valence-corrected chi connectivity index (χ3v) is 3.73. The van der Waals surface area contributed by atoms with Gasteiger partial charge in [-0.25, -0.2) is 9.59 Å². The van der Waals surface area contributed by atoms with Gasteiger partial charge in [0.25, 0.3) is 0 Å². The summed E-state index contributed by atoms with van der Waals surface area (Å²) in [5, 5.41) is 2.55. The van der Waals surface area contributed by atoms with E-state index in [4.69, 9.17) is 4.74 Å². The average Bonchev–Trinajstić information content (AvgIpc) is 3.02. The minimum absolute atomic E-state index is 0.203. The number of hydrogen-bond acceptors (Lipinski definition) is 4. The van der Waals surface area contributed by atoms with Gasteiger partial charge < -0.3 is 14.8 Å². The van der Waals surface area contributed by atoms with Gasteiger partial charge in [0.05, 0.1) is 14.2 Å². The molecule has 0 bridgehead atoms. The van der Waals surface area contributed by atoms with E-state index in [1.165, 1.54) is 27.1 Å². The molecule has 0 aromatic heterocycles. The van der Waals surface area contributed by atoms with Gasteiger partial charge in [0.15, 0.2) is 0 Å². The van der Waals surface area contributed by atoms with Crippen LogP contribution in [0.3, 0.4) is 0 Å². The summed E-state index contributed by atoms with van der Waals surface area (Å²) in [7, 11) is 2.62. The molecule has 1 amide bonds. The van der Waals surface area contributed by atoms with Crippen molar-refractivity contribution in [1.29, 1.82) is 0 Å². The van der Waals surface area contributed by atoms with Crippen molar-refractivity contribution in [2.45, 2.75) is 31.7 Å². The molecular weight excluding hydrogens is 210 g/mol. The highest BCUT2D eigenvalue weighted by atomic mass is 16.5. The van der Waals surface area contributed by atoms with E-state index in [1.54, 1.807) is 0 Å². The standard InChI is InChI=1S/C11H17NO4/c1-15-9(13)8(12-10(14)16-2)7-5-11(6-7)3-4-11/h7-8H,3-6H2,1-2H3,(H,12,14). The van der Waals surface area contributed by atoms with E-state index < -0.39 is 12.1 Å². The SMILES string of the molecule is COC(=O)NC(C(=O)OC)C1CC2(CC2)C1. The molecule has 0 saturated heterocycles. The van der Waals surface area contributed by atoms with Gasteiger partial charge in [-0.15, -0.1) is 0 Å². The monoisotopic (exact) mass is 227 g/mol. The number of ether oxygens (including phenoxy) is 2. The predicted octanol–water partition coefficient (Wildman–Crippen LogP) is 1.07. The molecule has 5 nitrogen and oxygen atoms in total. The number of methoxy groups -OCH3 is 2. The molecule has 0 heterocycles. The first-order valence-electron chi connectivity index (χ1n) is 5.52. The van der Waals surface area contributed by atoms with Crippen molar-refractivity contribution in [1.82, 2.24) is 5.32 Å². The second kappa shape index (κ2) is 3.96. The Bertz CT molecular complexity index is 303. The Morgan fingerprint density at radius 2 is 1.88 bits per heavy atom. The van der Waals surface area contributed by atoms with Crippen LogP contribution in [-0.2, 0) is 14.3 Å². The number of carbonyl (C=O) groups is 2. The van der Waals surface area contributed by atoms with Crippen LogP contribution in [0.4, 0.5) is 4.79 Å².